The predicted octanol–water partition coefficient (Wildman–Crippen LogP) is 11.6. The first-order chi connectivity index (χ1) is 26.8. The maximum atomic E-state index is 2.66. The molecule has 0 spiro atoms. The number of rotatable bonds is 2. The monoisotopic (exact) mass is 683 g/mol. The number of hydrogen-bond acceptors (Lipinski definition) is 1. The third kappa shape index (κ3) is 3.57. The molecule has 0 unspecified atom stereocenters. The topological polar surface area (TPSA) is 13.1 Å². The molecule has 9 aromatic carbocycles. The van der Waals surface area contributed by atoms with Crippen LogP contribution in [-0.2, 0) is 0 Å². The van der Waals surface area contributed by atoms with Gasteiger partial charge in [-0.3, -0.25) is 0 Å². The molecule has 0 amide bonds. The molecule has 54 heavy (non-hydrogen) atoms. The van der Waals surface area contributed by atoms with Gasteiger partial charge in [-0.05, 0) is 111 Å². The van der Waals surface area contributed by atoms with Crippen molar-refractivity contribution in [2.24, 2.45) is 0 Å². The quantitative estimate of drug-likeness (QED) is 0.131. The van der Waals surface area contributed by atoms with Gasteiger partial charge in [0.15, 0.2) is 0 Å². The minimum absolute atomic E-state index is 0.0101. The molecule has 13 rings (SSSR count). The Morgan fingerprint density at radius 1 is 0.352 bits per heavy atom. The minimum atomic E-state index is -0.0101. The molecule has 4 heteroatoms. The Morgan fingerprint density at radius 3 is 1.81 bits per heavy atom. The van der Waals surface area contributed by atoms with E-state index in [1.165, 1.54) is 110 Å². The van der Waals surface area contributed by atoms with Gasteiger partial charge < -0.3 is 13.9 Å². The van der Waals surface area contributed by atoms with Gasteiger partial charge in [-0.1, -0.05) is 109 Å². The number of fused-ring (bicyclic) bond motifs is 13. The predicted molar refractivity (Wildman–Crippen MR) is 229 cm³/mol. The number of para-hydroxylation sites is 5. The van der Waals surface area contributed by atoms with Crippen LogP contribution in [0.2, 0.25) is 0 Å². The van der Waals surface area contributed by atoms with E-state index in [1.54, 1.807) is 0 Å². The van der Waals surface area contributed by atoms with Crippen molar-refractivity contribution in [1.29, 1.82) is 0 Å². The lowest BCUT2D eigenvalue weighted by molar-refractivity contribution is 1.18. The highest BCUT2D eigenvalue weighted by atomic mass is 15.2. The number of aromatic nitrogens is 2. The molecule has 0 saturated carbocycles. The highest BCUT2D eigenvalue weighted by Gasteiger charge is 2.43. The Kier molecular flexibility index (Phi) is 5.45. The molecule has 0 fully saturated rings. The van der Waals surface area contributed by atoms with Gasteiger partial charge in [-0.15, -0.1) is 0 Å². The molecule has 0 radical (unpaired) electrons. The van der Waals surface area contributed by atoms with Crippen molar-refractivity contribution in [3.05, 3.63) is 182 Å². The fourth-order valence-electron chi connectivity index (χ4n) is 10.1. The van der Waals surface area contributed by atoms with Gasteiger partial charge in [0.2, 0.25) is 0 Å². The summed E-state index contributed by atoms with van der Waals surface area (Å²) in [5.41, 5.74) is 15.2. The van der Waals surface area contributed by atoms with E-state index in [9.17, 15) is 0 Å². The van der Waals surface area contributed by atoms with E-state index in [2.05, 4.69) is 196 Å². The number of benzene rings is 9. The van der Waals surface area contributed by atoms with E-state index in [0.717, 1.165) is 0 Å². The molecule has 248 valence electrons. The summed E-state index contributed by atoms with van der Waals surface area (Å²) < 4.78 is 5.09. The molecule has 3 nitrogen and oxygen atoms in total. The number of anilines is 3. The maximum absolute atomic E-state index is 2.66. The number of nitrogens with zero attached hydrogens (tertiary/aromatic N) is 3. The van der Waals surface area contributed by atoms with E-state index in [1.807, 2.05) is 0 Å². The Balaban J connectivity index is 1.19. The van der Waals surface area contributed by atoms with Gasteiger partial charge in [0.25, 0.3) is 0 Å². The van der Waals surface area contributed by atoms with Crippen molar-refractivity contribution >= 4 is 100.0 Å². The third-order valence-corrected chi connectivity index (χ3v) is 12.2. The molecule has 0 atom stereocenters. The van der Waals surface area contributed by atoms with Crippen molar-refractivity contribution in [1.82, 2.24) is 9.05 Å². The van der Waals surface area contributed by atoms with Gasteiger partial charge in [-0.25, -0.2) is 0 Å². The van der Waals surface area contributed by atoms with E-state index >= 15 is 0 Å². The van der Waals surface area contributed by atoms with E-state index in [0.29, 0.717) is 0 Å². The molecule has 0 N–H and O–H groups in total. The average molecular weight is 684 g/mol. The van der Waals surface area contributed by atoms with Crippen LogP contribution < -0.4 is 15.8 Å². The van der Waals surface area contributed by atoms with Crippen LogP contribution in [-0.4, -0.2) is 15.9 Å². The maximum Gasteiger partial charge on any atom is 0.333 e. The van der Waals surface area contributed by atoms with Crippen LogP contribution in [0.5, 0.6) is 0 Å². The SMILES string of the molecule is c1ccc(N2c3cccc4c3B(c3c2ccc2cc5cc6c7ccccc7n(-c7ccccc7)c6cc5cc32)n2c3ccccc3c3cccc-4c32)cc1. The fourth-order valence-corrected chi connectivity index (χ4v) is 10.1. The van der Waals surface area contributed by atoms with Gasteiger partial charge in [0.1, 0.15) is 0 Å². The molecule has 2 aliphatic heterocycles. The van der Waals surface area contributed by atoms with Crippen LogP contribution in [0.4, 0.5) is 17.1 Å². The van der Waals surface area contributed by atoms with Gasteiger partial charge >= 0.3 is 6.85 Å². The molecular weight excluding hydrogens is 653 g/mol. The summed E-state index contributed by atoms with van der Waals surface area (Å²) in [5, 5.41) is 10.2. The second-order valence-electron chi connectivity index (χ2n) is 14.9. The van der Waals surface area contributed by atoms with Crippen molar-refractivity contribution in [2.75, 3.05) is 4.90 Å². The van der Waals surface area contributed by atoms with Crippen molar-refractivity contribution < 1.29 is 0 Å². The number of hydrogen-bond donors (Lipinski definition) is 0. The lowest BCUT2D eigenvalue weighted by Gasteiger charge is -2.41. The van der Waals surface area contributed by atoms with Crippen LogP contribution in [0, 0.1) is 0 Å². The summed E-state index contributed by atoms with van der Waals surface area (Å²) in [6.45, 7) is -0.0101. The highest BCUT2D eigenvalue weighted by Crippen LogP contribution is 2.46. The molecule has 0 aliphatic carbocycles. The van der Waals surface area contributed by atoms with Gasteiger partial charge in [0, 0.05) is 60.9 Å². The first-order valence-corrected chi connectivity index (χ1v) is 18.8. The first-order valence-electron chi connectivity index (χ1n) is 18.8. The molecule has 4 heterocycles. The molecule has 0 saturated heterocycles. The molecule has 11 aromatic rings. The zero-order valence-corrected chi connectivity index (χ0v) is 29.2. The largest absolute Gasteiger partial charge is 0.375 e. The average Bonchev–Trinajstić information content (AvgIpc) is 3.74. The van der Waals surface area contributed by atoms with E-state index < -0.39 is 0 Å². The zero-order chi connectivity index (χ0) is 35.1. The minimum Gasteiger partial charge on any atom is -0.375 e. The van der Waals surface area contributed by atoms with Crippen LogP contribution in [0.25, 0.3) is 82.0 Å². The zero-order valence-electron chi connectivity index (χ0n) is 29.2. The standard InChI is InChI=1S/C50H30BN3/c1-3-13-34(14-4-1)52-43-22-9-7-18-37(43)42-29-32-27-31-25-26-46-49(41(31)28-33(32)30-47(42)52)51-48-38(19-12-24-45(48)53(46)35-15-5-2-6-16-35)40-21-11-20-39-36-17-8-10-23-44(36)54(51)50(39)40/h1-30H. The summed E-state index contributed by atoms with van der Waals surface area (Å²) in [4.78, 5) is 2.50. The lowest BCUT2D eigenvalue weighted by atomic mass is 9.44. The summed E-state index contributed by atoms with van der Waals surface area (Å²) >= 11 is 0. The molecular formula is C50H30BN3. The van der Waals surface area contributed by atoms with E-state index in [-0.39, 0.29) is 6.85 Å². The van der Waals surface area contributed by atoms with Crippen LogP contribution in [0.15, 0.2) is 182 Å². The molecule has 2 aliphatic rings. The Morgan fingerprint density at radius 2 is 0.981 bits per heavy atom. The van der Waals surface area contributed by atoms with Crippen LogP contribution in [0.1, 0.15) is 0 Å². The fraction of sp³-hybridized carbons (Fsp3) is 0. The Bertz CT molecular complexity index is 3390. The lowest BCUT2D eigenvalue weighted by Crippen LogP contribution is -2.56. The second kappa shape index (κ2) is 10.3. The highest BCUT2D eigenvalue weighted by molar-refractivity contribution is 6.91. The van der Waals surface area contributed by atoms with Crippen LogP contribution >= 0.6 is 0 Å². The smallest absolute Gasteiger partial charge is 0.333 e. The summed E-state index contributed by atoms with van der Waals surface area (Å²) in [6, 6.07) is 67.7. The Labute approximate surface area is 311 Å². The summed E-state index contributed by atoms with van der Waals surface area (Å²) in [6.07, 6.45) is 0. The van der Waals surface area contributed by atoms with Gasteiger partial charge in [-0.2, -0.15) is 0 Å². The van der Waals surface area contributed by atoms with Crippen molar-refractivity contribution in [3.63, 3.8) is 0 Å². The first kappa shape index (κ1) is 28.5. The third-order valence-electron chi connectivity index (χ3n) is 12.2. The summed E-state index contributed by atoms with van der Waals surface area (Å²) in [7, 11) is 0. The van der Waals surface area contributed by atoms with E-state index in [4.69, 9.17) is 0 Å². The molecule has 2 aromatic heterocycles. The van der Waals surface area contributed by atoms with Gasteiger partial charge in [0.05, 0.1) is 11.0 Å². The van der Waals surface area contributed by atoms with Crippen LogP contribution in [0.3, 0.4) is 0 Å². The van der Waals surface area contributed by atoms with Crippen molar-refractivity contribution in [3.8, 4) is 16.8 Å². The second-order valence-corrected chi connectivity index (χ2v) is 14.9. The summed E-state index contributed by atoms with van der Waals surface area (Å²) in [5.74, 6) is 0. The molecule has 0 bridgehead atoms. The normalized spacial score (nSPS) is 13.1. The Hall–Kier alpha value is -7.04. The van der Waals surface area contributed by atoms with Crippen molar-refractivity contribution in [2.45, 2.75) is 0 Å².